The lowest BCUT2D eigenvalue weighted by atomic mass is 9.75. The fraction of sp³-hybridized carbons (Fsp3) is 0.467. The van der Waals surface area contributed by atoms with E-state index in [-0.39, 0.29) is 11.7 Å². The minimum atomic E-state index is -0.895. The molecule has 3 rings (SSSR count). The molecule has 1 aromatic heterocycles. The number of rotatable bonds is 1. The SMILES string of the molecule is CC1CCCCC1(O)c1cc2cc(F)ccc2o1. The third-order valence-corrected chi connectivity index (χ3v) is 4.17. The first kappa shape index (κ1) is 11.7. The van der Waals surface area contributed by atoms with Crippen molar-refractivity contribution in [1.82, 2.24) is 0 Å². The summed E-state index contributed by atoms with van der Waals surface area (Å²) in [5.41, 5.74) is -0.258. The summed E-state index contributed by atoms with van der Waals surface area (Å²) in [6, 6.07) is 6.22. The molecule has 1 aliphatic rings. The lowest BCUT2D eigenvalue weighted by molar-refractivity contribution is -0.0626. The number of aliphatic hydroxyl groups is 1. The van der Waals surface area contributed by atoms with Crippen molar-refractivity contribution < 1.29 is 13.9 Å². The van der Waals surface area contributed by atoms with Crippen LogP contribution in [0.15, 0.2) is 28.7 Å². The van der Waals surface area contributed by atoms with Gasteiger partial charge in [0.15, 0.2) is 0 Å². The second-order valence-corrected chi connectivity index (χ2v) is 5.36. The molecular weight excluding hydrogens is 231 g/mol. The maximum absolute atomic E-state index is 13.2. The van der Waals surface area contributed by atoms with Crippen molar-refractivity contribution in [2.24, 2.45) is 5.92 Å². The lowest BCUT2D eigenvalue weighted by Gasteiger charge is -2.36. The molecule has 1 N–H and O–H groups in total. The molecule has 0 radical (unpaired) electrons. The molecule has 0 bridgehead atoms. The van der Waals surface area contributed by atoms with Crippen LogP contribution >= 0.6 is 0 Å². The van der Waals surface area contributed by atoms with E-state index in [1.54, 1.807) is 12.1 Å². The van der Waals surface area contributed by atoms with Gasteiger partial charge in [-0.2, -0.15) is 0 Å². The van der Waals surface area contributed by atoms with E-state index in [1.807, 2.05) is 6.92 Å². The van der Waals surface area contributed by atoms with Crippen molar-refractivity contribution in [2.45, 2.75) is 38.2 Å². The number of fused-ring (bicyclic) bond motifs is 1. The molecule has 2 aromatic rings. The Morgan fingerprint density at radius 3 is 2.94 bits per heavy atom. The standard InChI is InChI=1S/C15H17FO2/c1-10-4-2-3-7-15(10,17)14-9-11-8-12(16)5-6-13(11)18-14/h5-6,8-10,17H,2-4,7H2,1H3. The molecule has 96 valence electrons. The van der Waals surface area contributed by atoms with Crippen LogP contribution in [-0.2, 0) is 5.60 Å². The molecule has 2 unspecified atom stereocenters. The predicted octanol–water partition coefficient (Wildman–Crippen LogP) is 3.97. The number of halogens is 1. The Labute approximate surface area is 105 Å². The molecule has 1 fully saturated rings. The van der Waals surface area contributed by atoms with Crippen LogP contribution in [-0.4, -0.2) is 5.11 Å². The highest BCUT2D eigenvalue weighted by Gasteiger charge is 2.40. The largest absolute Gasteiger partial charge is 0.458 e. The van der Waals surface area contributed by atoms with E-state index in [0.29, 0.717) is 11.3 Å². The van der Waals surface area contributed by atoms with Gasteiger partial charge in [-0.1, -0.05) is 19.8 Å². The van der Waals surface area contributed by atoms with E-state index < -0.39 is 5.60 Å². The third-order valence-electron chi connectivity index (χ3n) is 4.17. The van der Waals surface area contributed by atoms with Crippen molar-refractivity contribution in [2.75, 3.05) is 0 Å². The molecular formula is C15H17FO2. The first-order valence-electron chi connectivity index (χ1n) is 6.51. The fourth-order valence-electron chi connectivity index (χ4n) is 2.92. The normalized spacial score (nSPS) is 28.7. The van der Waals surface area contributed by atoms with Crippen molar-refractivity contribution in [3.8, 4) is 0 Å². The number of hydrogen-bond acceptors (Lipinski definition) is 2. The van der Waals surface area contributed by atoms with Gasteiger partial charge < -0.3 is 9.52 Å². The summed E-state index contributed by atoms with van der Waals surface area (Å²) < 4.78 is 18.9. The zero-order chi connectivity index (χ0) is 12.8. The van der Waals surface area contributed by atoms with Crippen LogP contribution in [0.3, 0.4) is 0 Å². The molecule has 0 spiro atoms. The summed E-state index contributed by atoms with van der Waals surface area (Å²) in [5.74, 6) is 0.477. The fourth-order valence-corrected chi connectivity index (χ4v) is 2.92. The van der Waals surface area contributed by atoms with Crippen LogP contribution in [0.5, 0.6) is 0 Å². The van der Waals surface area contributed by atoms with Gasteiger partial charge >= 0.3 is 0 Å². The Morgan fingerprint density at radius 1 is 1.33 bits per heavy atom. The van der Waals surface area contributed by atoms with Crippen molar-refractivity contribution in [1.29, 1.82) is 0 Å². The van der Waals surface area contributed by atoms with Gasteiger partial charge in [-0.15, -0.1) is 0 Å². The zero-order valence-electron chi connectivity index (χ0n) is 10.4. The molecule has 2 atom stereocenters. The molecule has 1 aliphatic carbocycles. The van der Waals surface area contributed by atoms with Gasteiger partial charge in [0.25, 0.3) is 0 Å². The molecule has 2 nitrogen and oxygen atoms in total. The Balaban J connectivity index is 2.07. The molecule has 18 heavy (non-hydrogen) atoms. The second-order valence-electron chi connectivity index (χ2n) is 5.36. The van der Waals surface area contributed by atoms with Crippen LogP contribution in [0.4, 0.5) is 4.39 Å². The molecule has 1 heterocycles. The summed E-state index contributed by atoms with van der Waals surface area (Å²) >= 11 is 0. The average molecular weight is 248 g/mol. The second kappa shape index (κ2) is 4.09. The average Bonchev–Trinajstić information content (AvgIpc) is 2.76. The Bertz CT molecular complexity index is 575. The Hall–Kier alpha value is -1.35. The maximum atomic E-state index is 13.2. The smallest absolute Gasteiger partial charge is 0.137 e. The van der Waals surface area contributed by atoms with Gasteiger partial charge in [0.05, 0.1) is 0 Å². The summed E-state index contributed by atoms with van der Waals surface area (Å²) in [6.07, 6.45) is 3.88. The van der Waals surface area contributed by atoms with Crippen molar-refractivity contribution in [3.63, 3.8) is 0 Å². The Morgan fingerprint density at radius 2 is 2.17 bits per heavy atom. The first-order valence-corrected chi connectivity index (χ1v) is 6.51. The van der Waals surface area contributed by atoms with Gasteiger partial charge in [-0.25, -0.2) is 4.39 Å². The van der Waals surface area contributed by atoms with Gasteiger partial charge in [0.2, 0.25) is 0 Å². The van der Waals surface area contributed by atoms with Crippen molar-refractivity contribution >= 4 is 11.0 Å². The zero-order valence-corrected chi connectivity index (χ0v) is 10.4. The summed E-state index contributed by atoms with van der Waals surface area (Å²) in [6.45, 7) is 2.05. The number of furan rings is 1. The lowest BCUT2D eigenvalue weighted by Crippen LogP contribution is -2.35. The molecule has 0 aliphatic heterocycles. The van der Waals surface area contributed by atoms with Crippen molar-refractivity contribution in [3.05, 3.63) is 35.8 Å². The van der Waals surface area contributed by atoms with Crippen LogP contribution in [0.25, 0.3) is 11.0 Å². The van der Waals surface area contributed by atoms with E-state index in [2.05, 4.69) is 0 Å². The Kier molecular flexibility index (Phi) is 2.67. The highest BCUT2D eigenvalue weighted by atomic mass is 19.1. The van der Waals surface area contributed by atoms with Crippen LogP contribution < -0.4 is 0 Å². The minimum absolute atomic E-state index is 0.177. The molecule has 3 heteroatoms. The first-order chi connectivity index (χ1) is 8.59. The highest BCUT2D eigenvalue weighted by molar-refractivity contribution is 5.78. The molecule has 0 saturated heterocycles. The monoisotopic (exact) mass is 248 g/mol. The highest BCUT2D eigenvalue weighted by Crippen LogP contribution is 2.43. The quantitative estimate of drug-likeness (QED) is 0.828. The van der Waals surface area contributed by atoms with Gasteiger partial charge in [-0.05, 0) is 43.0 Å². The summed E-state index contributed by atoms with van der Waals surface area (Å²) in [5, 5.41) is 11.5. The topological polar surface area (TPSA) is 33.4 Å². The van der Waals surface area contributed by atoms with E-state index in [4.69, 9.17) is 4.42 Å². The molecule has 0 amide bonds. The number of benzene rings is 1. The van der Waals surface area contributed by atoms with E-state index in [0.717, 1.165) is 31.1 Å². The van der Waals surface area contributed by atoms with Gasteiger partial charge in [-0.3, -0.25) is 0 Å². The summed E-state index contributed by atoms with van der Waals surface area (Å²) in [4.78, 5) is 0. The predicted molar refractivity (Wildman–Crippen MR) is 67.7 cm³/mol. The van der Waals surface area contributed by atoms with Crippen LogP contribution in [0.2, 0.25) is 0 Å². The maximum Gasteiger partial charge on any atom is 0.137 e. The molecule has 1 aromatic carbocycles. The van der Waals surface area contributed by atoms with E-state index >= 15 is 0 Å². The number of hydrogen-bond donors (Lipinski definition) is 1. The van der Waals surface area contributed by atoms with E-state index in [9.17, 15) is 9.50 Å². The minimum Gasteiger partial charge on any atom is -0.458 e. The summed E-state index contributed by atoms with van der Waals surface area (Å²) in [7, 11) is 0. The molecule has 1 saturated carbocycles. The van der Waals surface area contributed by atoms with Crippen LogP contribution in [0.1, 0.15) is 38.4 Å². The third kappa shape index (κ3) is 1.74. The van der Waals surface area contributed by atoms with Gasteiger partial charge in [0.1, 0.15) is 22.8 Å². The van der Waals surface area contributed by atoms with E-state index in [1.165, 1.54) is 12.1 Å². The van der Waals surface area contributed by atoms with Crippen LogP contribution in [0, 0.1) is 11.7 Å². The van der Waals surface area contributed by atoms with Gasteiger partial charge in [0, 0.05) is 5.39 Å².